The standard InChI is InChI=1S/C108H100N6/c1-104(2,3)77-52-56-96-90(62-77)91-63-78(105(4,5)6)53-57-97(91)113(96)100-69-84(67-94(109-100)75-44-30-20-31-45-75)111(102-86(71-36-22-16-23-37-71)48-34-49-87(102)72-38-24-17-25-39-72)82-60-81(108(13,14)15)61-83(66-82)112(103-88(73-40-26-18-27-41-73)50-35-51-89(103)74-42-28-19-29-43-74)85-68-95(76-46-32-21-33-47-76)110-101(70-85)114-98-58-54-79(106(7,8)9)64-92(98)93-65-80(107(10,11)12)55-59-99(93)114/h16-70H,1-15H3. The number of fused-ring (bicyclic) bond motifs is 6. The average molecular weight is 1480 g/mol. The topological polar surface area (TPSA) is 42.1 Å². The van der Waals surface area contributed by atoms with E-state index >= 15 is 0 Å². The van der Waals surface area contributed by atoms with E-state index in [2.05, 4.69) is 456 Å². The van der Waals surface area contributed by atoms with Gasteiger partial charge in [-0.25, -0.2) is 9.97 Å². The van der Waals surface area contributed by atoms with Crippen LogP contribution in [0, 0.1) is 0 Å². The molecule has 0 amide bonds. The van der Waals surface area contributed by atoms with Crippen LogP contribution in [0.3, 0.4) is 0 Å². The molecule has 0 bridgehead atoms. The van der Waals surface area contributed by atoms with Gasteiger partial charge in [-0.05, 0) is 156 Å². The van der Waals surface area contributed by atoms with Crippen LogP contribution in [-0.4, -0.2) is 19.1 Å². The van der Waals surface area contributed by atoms with E-state index in [9.17, 15) is 0 Å². The number of para-hydroxylation sites is 2. The fourth-order valence-corrected chi connectivity index (χ4v) is 16.5. The molecular formula is C108H100N6. The van der Waals surface area contributed by atoms with Crippen LogP contribution >= 0.6 is 0 Å². The van der Waals surface area contributed by atoms with Gasteiger partial charge in [-0.2, -0.15) is 0 Å². The number of hydrogen-bond donors (Lipinski definition) is 0. The zero-order valence-electron chi connectivity index (χ0n) is 68.4. The molecule has 0 saturated carbocycles. The van der Waals surface area contributed by atoms with Gasteiger partial charge in [0, 0.05) is 78.4 Å². The second kappa shape index (κ2) is 28.8. The van der Waals surface area contributed by atoms with Gasteiger partial charge in [0.1, 0.15) is 11.6 Å². The van der Waals surface area contributed by atoms with E-state index in [4.69, 9.17) is 9.97 Å². The summed E-state index contributed by atoms with van der Waals surface area (Å²) in [5.41, 5.74) is 27.9. The van der Waals surface area contributed by atoms with Crippen LogP contribution in [0.2, 0.25) is 0 Å². The molecule has 0 saturated heterocycles. The summed E-state index contributed by atoms with van der Waals surface area (Å²) in [5, 5.41) is 4.78. The summed E-state index contributed by atoms with van der Waals surface area (Å²) in [7, 11) is 0. The van der Waals surface area contributed by atoms with Crippen molar-refractivity contribution in [2.75, 3.05) is 9.80 Å². The highest BCUT2D eigenvalue weighted by Crippen LogP contribution is 2.54. The van der Waals surface area contributed by atoms with E-state index in [-0.39, 0.29) is 21.7 Å². The second-order valence-electron chi connectivity index (χ2n) is 36.0. The number of rotatable bonds is 14. The summed E-state index contributed by atoms with van der Waals surface area (Å²) in [6.45, 7) is 34.8. The maximum absolute atomic E-state index is 5.93. The second-order valence-corrected chi connectivity index (χ2v) is 36.0. The summed E-state index contributed by atoms with van der Waals surface area (Å²) >= 11 is 0. The minimum atomic E-state index is -0.427. The Morgan fingerprint density at radius 1 is 0.211 bits per heavy atom. The Kier molecular flexibility index (Phi) is 18.7. The Labute approximate surface area is 673 Å². The largest absolute Gasteiger partial charge is 0.309 e. The molecule has 4 heterocycles. The summed E-state index contributed by atoms with van der Waals surface area (Å²) < 4.78 is 4.86. The normalized spacial score (nSPS) is 12.3. The van der Waals surface area contributed by atoms with Gasteiger partial charge >= 0.3 is 0 Å². The van der Waals surface area contributed by atoms with E-state index in [1.807, 2.05) is 0 Å². The first-order chi connectivity index (χ1) is 54.7. The van der Waals surface area contributed by atoms with Crippen LogP contribution in [0.1, 0.15) is 132 Å². The summed E-state index contributed by atoms with van der Waals surface area (Å²) in [6, 6.07) is 124. The molecule has 13 aromatic carbocycles. The van der Waals surface area contributed by atoms with Crippen LogP contribution in [-0.2, 0) is 27.1 Å². The minimum absolute atomic E-state index is 0.0987. The Morgan fingerprint density at radius 2 is 0.447 bits per heavy atom. The third-order valence-corrected chi connectivity index (χ3v) is 22.8. The lowest BCUT2D eigenvalue weighted by Crippen LogP contribution is -2.20. The molecule has 0 N–H and O–H groups in total. The molecule has 17 rings (SSSR count). The fourth-order valence-electron chi connectivity index (χ4n) is 16.5. The first kappa shape index (κ1) is 74.1. The number of anilines is 6. The zero-order chi connectivity index (χ0) is 79.2. The molecule has 0 aliphatic heterocycles. The van der Waals surface area contributed by atoms with Crippen molar-refractivity contribution in [3.8, 4) is 78.7 Å². The lowest BCUT2D eigenvalue weighted by molar-refractivity contribution is 0.590. The van der Waals surface area contributed by atoms with E-state index in [0.29, 0.717) is 0 Å². The van der Waals surface area contributed by atoms with E-state index < -0.39 is 5.41 Å². The Hall–Kier alpha value is -12.6. The highest BCUT2D eigenvalue weighted by Gasteiger charge is 2.33. The summed E-state index contributed by atoms with van der Waals surface area (Å²) in [5.74, 6) is 1.60. The molecule has 0 atom stereocenters. The predicted molar refractivity (Wildman–Crippen MR) is 486 cm³/mol. The van der Waals surface area contributed by atoms with Crippen molar-refractivity contribution in [2.24, 2.45) is 0 Å². The van der Waals surface area contributed by atoms with Crippen molar-refractivity contribution < 1.29 is 0 Å². The van der Waals surface area contributed by atoms with Crippen molar-refractivity contribution in [2.45, 2.75) is 131 Å². The molecule has 0 fully saturated rings. The van der Waals surface area contributed by atoms with Gasteiger partial charge in [0.05, 0.1) is 56.2 Å². The number of pyridine rings is 2. The van der Waals surface area contributed by atoms with Crippen LogP contribution in [0.4, 0.5) is 34.1 Å². The molecule has 6 nitrogen and oxygen atoms in total. The highest BCUT2D eigenvalue weighted by atomic mass is 15.2. The number of nitrogens with zero attached hydrogens (tertiary/aromatic N) is 6. The highest BCUT2D eigenvalue weighted by molar-refractivity contribution is 6.12. The summed E-state index contributed by atoms with van der Waals surface area (Å²) in [4.78, 5) is 17.0. The Bertz CT molecular complexity index is 5810. The van der Waals surface area contributed by atoms with Crippen LogP contribution < -0.4 is 9.80 Å². The number of aromatic nitrogens is 4. The average Bonchev–Trinajstić information content (AvgIpc) is 1.49. The van der Waals surface area contributed by atoms with Crippen molar-refractivity contribution in [3.05, 3.63) is 361 Å². The predicted octanol–water partition coefficient (Wildman–Crippen LogP) is 30.1. The van der Waals surface area contributed by atoms with Gasteiger partial charge in [-0.3, -0.25) is 9.13 Å². The van der Waals surface area contributed by atoms with Gasteiger partial charge in [-0.1, -0.05) is 347 Å². The molecule has 0 spiro atoms. The third-order valence-electron chi connectivity index (χ3n) is 22.8. The van der Waals surface area contributed by atoms with E-state index in [1.54, 1.807) is 0 Å². The quantitative estimate of drug-likeness (QED) is 0.109. The maximum atomic E-state index is 5.93. The minimum Gasteiger partial charge on any atom is -0.309 e. The van der Waals surface area contributed by atoms with Gasteiger partial charge in [0.25, 0.3) is 0 Å². The van der Waals surface area contributed by atoms with Gasteiger partial charge in [0.2, 0.25) is 0 Å². The molecule has 6 heteroatoms. The smallest absolute Gasteiger partial charge is 0.140 e. The number of hydrogen-bond acceptors (Lipinski definition) is 4. The molecule has 4 aromatic heterocycles. The molecule has 0 unspecified atom stereocenters. The molecule has 0 radical (unpaired) electrons. The zero-order valence-corrected chi connectivity index (χ0v) is 68.4. The summed E-state index contributed by atoms with van der Waals surface area (Å²) in [6.07, 6.45) is 0. The lowest BCUT2D eigenvalue weighted by atomic mass is 9.85. The Balaban J connectivity index is 1.04. The monoisotopic (exact) mass is 1480 g/mol. The van der Waals surface area contributed by atoms with Crippen LogP contribution in [0.15, 0.2) is 334 Å². The maximum Gasteiger partial charge on any atom is 0.140 e. The van der Waals surface area contributed by atoms with E-state index in [1.165, 1.54) is 43.8 Å². The Morgan fingerprint density at radius 3 is 0.693 bits per heavy atom. The van der Waals surface area contributed by atoms with Crippen molar-refractivity contribution in [1.82, 2.24) is 19.1 Å². The molecule has 0 aliphatic carbocycles. The number of benzene rings is 13. The molecular weight excluding hydrogens is 1380 g/mol. The third kappa shape index (κ3) is 14.1. The first-order valence-electron chi connectivity index (χ1n) is 40.3. The SMILES string of the molecule is CC(C)(C)c1cc(N(c2cc(-c3ccccc3)nc(-n3c4ccc(C(C)(C)C)cc4c4cc(C(C)(C)C)ccc43)c2)c2c(-c3ccccc3)cccc2-c2ccccc2)cc(N(c2cc(-c3ccccc3)nc(-n3c4ccc(C(C)(C)C)cc4c4cc(C(C)(C)C)ccc43)c2)c2c(-c3ccccc3)cccc2-c2ccccc2)c1. The van der Waals surface area contributed by atoms with Crippen LogP contribution in [0.25, 0.3) is 122 Å². The van der Waals surface area contributed by atoms with E-state index in [0.717, 1.165) is 140 Å². The fraction of sp³-hybridized carbons (Fsp3) is 0.185. The molecule has 0 aliphatic rings. The van der Waals surface area contributed by atoms with Crippen molar-refractivity contribution in [1.29, 1.82) is 0 Å². The van der Waals surface area contributed by atoms with Gasteiger partial charge in [0.15, 0.2) is 0 Å². The first-order valence-corrected chi connectivity index (χ1v) is 40.3. The molecule has 562 valence electrons. The lowest BCUT2D eigenvalue weighted by Gasteiger charge is -2.35. The van der Waals surface area contributed by atoms with Crippen LogP contribution in [0.5, 0.6) is 0 Å². The van der Waals surface area contributed by atoms with Gasteiger partial charge < -0.3 is 9.80 Å². The molecule has 114 heavy (non-hydrogen) atoms. The van der Waals surface area contributed by atoms with Crippen molar-refractivity contribution in [3.63, 3.8) is 0 Å². The van der Waals surface area contributed by atoms with Gasteiger partial charge in [-0.15, -0.1) is 0 Å². The van der Waals surface area contributed by atoms with Crippen molar-refractivity contribution >= 4 is 77.7 Å². The molecule has 17 aromatic rings.